The zero-order valence-electron chi connectivity index (χ0n) is 23.8. The summed E-state index contributed by atoms with van der Waals surface area (Å²) in [6.07, 6.45) is 3.13. The zero-order chi connectivity index (χ0) is 28.2. The molecule has 12 heteroatoms. The van der Waals surface area contributed by atoms with E-state index in [-0.39, 0.29) is 23.9 Å². The quantitative estimate of drug-likeness (QED) is 0.154. The van der Waals surface area contributed by atoms with E-state index in [1.165, 1.54) is 28.4 Å². The normalized spacial score (nSPS) is 14.5. The summed E-state index contributed by atoms with van der Waals surface area (Å²) < 4.78 is 19.0. The maximum atomic E-state index is 11.5. The Morgan fingerprint density at radius 3 is 1.00 bits per heavy atom. The third kappa shape index (κ3) is 15.9. The molecule has 0 bridgehead atoms. The second-order valence-corrected chi connectivity index (χ2v) is 9.38. The first-order chi connectivity index (χ1) is 18.3. The number of carbonyl (C=O) groups excluding carboxylic acids is 4. The molecule has 1 aliphatic heterocycles. The molecule has 0 aromatic carbocycles. The molecule has 0 aromatic rings. The Morgan fingerprint density at radius 1 is 0.500 bits per heavy atom. The van der Waals surface area contributed by atoms with Crippen LogP contribution in [0.1, 0.15) is 38.5 Å². The largest absolute Gasteiger partial charge is 0.469 e. The smallest absolute Gasteiger partial charge is 0.306 e. The van der Waals surface area contributed by atoms with Crippen molar-refractivity contribution in [1.82, 2.24) is 19.6 Å². The predicted octanol–water partition coefficient (Wildman–Crippen LogP) is 0.241. The van der Waals surface area contributed by atoms with Gasteiger partial charge in [-0.05, 0) is 39.0 Å². The Balaban J connectivity index is 2.33. The highest BCUT2D eigenvalue weighted by Gasteiger charge is 2.18. The number of hydrogen-bond acceptors (Lipinski definition) is 12. The minimum absolute atomic E-state index is 0.251. The standard InChI is InChI=1S/C26H48N4O8/c1-35-23(31)7-15-27(16-8-24(32)36-2)11-5-13-29-19-21-30(22-20-29)14-6-12-28(17-9-25(33)37-3)18-10-26(34)38-4/h5-22H2,1-4H3. The maximum absolute atomic E-state index is 11.5. The third-order valence-corrected chi connectivity index (χ3v) is 6.80. The second-order valence-electron chi connectivity index (χ2n) is 9.38. The van der Waals surface area contributed by atoms with Crippen LogP contribution in [0, 0.1) is 0 Å². The number of hydrogen-bond donors (Lipinski definition) is 0. The summed E-state index contributed by atoms with van der Waals surface area (Å²) in [4.78, 5) is 55.3. The van der Waals surface area contributed by atoms with Crippen molar-refractivity contribution in [3.63, 3.8) is 0 Å². The van der Waals surface area contributed by atoms with Crippen molar-refractivity contribution in [2.24, 2.45) is 0 Å². The molecule has 12 nitrogen and oxygen atoms in total. The van der Waals surface area contributed by atoms with Crippen LogP contribution in [0.25, 0.3) is 0 Å². The molecular formula is C26H48N4O8. The summed E-state index contributed by atoms with van der Waals surface area (Å²) in [7, 11) is 5.53. The van der Waals surface area contributed by atoms with E-state index < -0.39 is 0 Å². The van der Waals surface area contributed by atoms with Crippen LogP contribution in [0.2, 0.25) is 0 Å². The number of nitrogens with zero attached hydrogens (tertiary/aromatic N) is 4. The first kappa shape index (κ1) is 33.7. The number of esters is 4. The van der Waals surface area contributed by atoms with Gasteiger partial charge in [-0.15, -0.1) is 0 Å². The fourth-order valence-electron chi connectivity index (χ4n) is 4.35. The van der Waals surface area contributed by atoms with Gasteiger partial charge in [-0.1, -0.05) is 0 Å². The van der Waals surface area contributed by atoms with Crippen molar-refractivity contribution >= 4 is 23.9 Å². The highest BCUT2D eigenvalue weighted by molar-refractivity contribution is 5.70. The van der Waals surface area contributed by atoms with Gasteiger partial charge in [0.2, 0.25) is 0 Å². The SMILES string of the molecule is COC(=O)CCN(CCCN1CCN(CCCN(CCC(=O)OC)CCC(=O)OC)CC1)CCC(=O)OC. The molecule has 1 aliphatic rings. The Kier molecular flexibility index (Phi) is 18.3. The monoisotopic (exact) mass is 544 g/mol. The molecule has 0 spiro atoms. The molecule has 1 fully saturated rings. The van der Waals surface area contributed by atoms with Crippen LogP contribution < -0.4 is 0 Å². The molecule has 0 radical (unpaired) electrons. The van der Waals surface area contributed by atoms with Crippen molar-refractivity contribution in [2.45, 2.75) is 38.5 Å². The van der Waals surface area contributed by atoms with Crippen LogP contribution in [-0.4, -0.2) is 150 Å². The van der Waals surface area contributed by atoms with Gasteiger partial charge in [-0.2, -0.15) is 0 Å². The average molecular weight is 545 g/mol. The van der Waals surface area contributed by atoms with Gasteiger partial charge in [-0.3, -0.25) is 19.2 Å². The lowest BCUT2D eigenvalue weighted by atomic mass is 10.2. The van der Waals surface area contributed by atoms with Crippen LogP contribution in [0.15, 0.2) is 0 Å². The molecule has 38 heavy (non-hydrogen) atoms. The molecule has 1 heterocycles. The summed E-state index contributed by atoms with van der Waals surface area (Å²) >= 11 is 0. The van der Waals surface area contributed by atoms with E-state index in [2.05, 4.69) is 19.6 Å². The zero-order valence-corrected chi connectivity index (χ0v) is 23.8. The van der Waals surface area contributed by atoms with E-state index in [0.29, 0.717) is 51.9 Å². The fraction of sp³-hybridized carbons (Fsp3) is 0.846. The van der Waals surface area contributed by atoms with Crippen LogP contribution in [-0.2, 0) is 38.1 Å². The van der Waals surface area contributed by atoms with Crippen molar-refractivity contribution in [1.29, 1.82) is 0 Å². The Labute approximate surface area is 227 Å². The number of rotatable bonds is 20. The van der Waals surface area contributed by atoms with Gasteiger partial charge in [0.15, 0.2) is 0 Å². The van der Waals surface area contributed by atoms with E-state index in [4.69, 9.17) is 18.9 Å². The fourth-order valence-corrected chi connectivity index (χ4v) is 4.35. The number of ether oxygens (including phenoxy) is 4. The van der Waals surface area contributed by atoms with Gasteiger partial charge in [0, 0.05) is 52.4 Å². The molecule has 0 atom stereocenters. The number of carbonyl (C=O) groups is 4. The van der Waals surface area contributed by atoms with Gasteiger partial charge in [-0.25, -0.2) is 0 Å². The molecule has 1 saturated heterocycles. The minimum Gasteiger partial charge on any atom is -0.469 e. The van der Waals surface area contributed by atoms with E-state index >= 15 is 0 Å². The second kappa shape index (κ2) is 20.7. The van der Waals surface area contributed by atoms with Crippen LogP contribution in [0.5, 0.6) is 0 Å². The molecule has 0 N–H and O–H groups in total. The lowest BCUT2D eigenvalue weighted by Crippen LogP contribution is -2.47. The summed E-state index contributed by atoms with van der Waals surface area (Å²) in [5.41, 5.74) is 0. The van der Waals surface area contributed by atoms with Gasteiger partial charge in [0.05, 0.1) is 54.1 Å². The van der Waals surface area contributed by atoms with Crippen LogP contribution >= 0.6 is 0 Å². The van der Waals surface area contributed by atoms with Crippen LogP contribution in [0.3, 0.4) is 0 Å². The van der Waals surface area contributed by atoms with Crippen molar-refractivity contribution in [3.8, 4) is 0 Å². The van der Waals surface area contributed by atoms with Crippen LogP contribution in [0.4, 0.5) is 0 Å². The summed E-state index contributed by atoms with van der Waals surface area (Å²) in [6, 6.07) is 0. The molecule has 0 amide bonds. The maximum Gasteiger partial charge on any atom is 0.306 e. The topological polar surface area (TPSA) is 118 Å². The van der Waals surface area contributed by atoms with E-state index in [9.17, 15) is 19.2 Å². The van der Waals surface area contributed by atoms with Crippen molar-refractivity contribution in [3.05, 3.63) is 0 Å². The highest BCUT2D eigenvalue weighted by atomic mass is 16.5. The Bertz CT molecular complexity index is 603. The minimum atomic E-state index is -0.251. The molecule has 220 valence electrons. The lowest BCUT2D eigenvalue weighted by molar-refractivity contribution is -0.142. The lowest BCUT2D eigenvalue weighted by Gasteiger charge is -2.35. The Morgan fingerprint density at radius 2 is 0.763 bits per heavy atom. The molecule has 0 aliphatic carbocycles. The predicted molar refractivity (Wildman–Crippen MR) is 142 cm³/mol. The molecule has 0 aromatic heterocycles. The summed E-state index contributed by atoms with van der Waals surface area (Å²) in [5.74, 6) is -1.00. The van der Waals surface area contributed by atoms with Gasteiger partial charge < -0.3 is 38.5 Å². The van der Waals surface area contributed by atoms with E-state index in [1.54, 1.807) is 0 Å². The average Bonchev–Trinajstić information content (AvgIpc) is 2.94. The van der Waals surface area contributed by atoms with Crippen molar-refractivity contribution < 1.29 is 38.1 Å². The number of methoxy groups -OCH3 is 4. The van der Waals surface area contributed by atoms with Gasteiger partial charge in [0.25, 0.3) is 0 Å². The number of piperazine rings is 1. The van der Waals surface area contributed by atoms with Gasteiger partial charge >= 0.3 is 23.9 Å². The molecule has 1 rings (SSSR count). The van der Waals surface area contributed by atoms with Gasteiger partial charge in [0.1, 0.15) is 0 Å². The summed E-state index contributed by atoms with van der Waals surface area (Å²) in [5, 5.41) is 0. The molecular weight excluding hydrogens is 496 g/mol. The summed E-state index contributed by atoms with van der Waals surface area (Å²) in [6.45, 7) is 9.80. The van der Waals surface area contributed by atoms with Crippen molar-refractivity contribution in [2.75, 3.05) is 107 Å². The Hall–Kier alpha value is -2.28. The molecule has 0 unspecified atom stereocenters. The first-order valence-corrected chi connectivity index (χ1v) is 13.5. The highest BCUT2D eigenvalue weighted by Crippen LogP contribution is 2.07. The molecule has 0 saturated carbocycles. The van der Waals surface area contributed by atoms with E-state index in [0.717, 1.165) is 65.2 Å². The van der Waals surface area contributed by atoms with E-state index in [1.807, 2.05) is 0 Å². The first-order valence-electron chi connectivity index (χ1n) is 13.5. The third-order valence-electron chi connectivity index (χ3n) is 6.80.